The van der Waals surface area contributed by atoms with Gasteiger partial charge in [-0.25, -0.2) is 9.97 Å². The fourth-order valence-electron chi connectivity index (χ4n) is 1.76. The first-order valence-corrected chi connectivity index (χ1v) is 5.70. The predicted molar refractivity (Wildman–Crippen MR) is 68.1 cm³/mol. The first-order chi connectivity index (χ1) is 8.83. The molecule has 1 aromatic carbocycles. The second-order valence-corrected chi connectivity index (χ2v) is 3.98. The van der Waals surface area contributed by atoms with Crippen molar-refractivity contribution >= 4 is 16.9 Å². The SMILES string of the molecule is Cc1nc2ccccc2nc1NCc1ccno1. The van der Waals surface area contributed by atoms with Crippen molar-refractivity contribution in [1.29, 1.82) is 0 Å². The minimum Gasteiger partial charge on any atom is -0.361 e. The number of benzene rings is 1. The smallest absolute Gasteiger partial charge is 0.155 e. The zero-order valence-corrected chi connectivity index (χ0v) is 9.92. The Morgan fingerprint density at radius 2 is 1.89 bits per heavy atom. The van der Waals surface area contributed by atoms with Crippen molar-refractivity contribution in [2.24, 2.45) is 0 Å². The molecule has 0 aliphatic rings. The quantitative estimate of drug-likeness (QED) is 0.762. The van der Waals surface area contributed by atoms with Gasteiger partial charge < -0.3 is 9.84 Å². The van der Waals surface area contributed by atoms with Crippen molar-refractivity contribution in [1.82, 2.24) is 15.1 Å². The molecule has 0 unspecified atom stereocenters. The van der Waals surface area contributed by atoms with E-state index in [9.17, 15) is 0 Å². The summed E-state index contributed by atoms with van der Waals surface area (Å²) >= 11 is 0. The highest BCUT2D eigenvalue weighted by Crippen LogP contribution is 2.16. The molecule has 2 heterocycles. The van der Waals surface area contributed by atoms with Gasteiger partial charge in [0, 0.05) is 6.07 Å². The van der Waals surface area contributed by atoms with Crippen LogP contribution in [0.25, 0.3) is 11.0 Å². The molecule has 5 nitrogen and oxygen atoms in total. The van der Waals surface area contributed by atoms with E-state index in [1.807, 2.05) is 37.3 Å². The summed E-state index contributed by atoms with van der Waals surface area (Å²) in [5, 5.41) is 6.86. The van der Waals surface area contributed by atoms with Gasteiger partial charge in [0.1, 0.15) is 5.82 Å². The molecule has 1 N–H and O–H groups in total. The maximum absolute atomic E-state index is 5.02. The third-order valence-electron chi connectivity index (χ3n) is 2.67. The number of rotatable bonds is 3. The van der Waals surface area contributed by atoms with Crippen LogP contribution in [-0.2, 0) is 6.54 Å². The molecular weight excluding hydrogens is 228 g/mol. The Balaban J connectivity index is 1.89. The number of para-hydroxylation sites is 2. The highest BCUT2D eigenvalue weighted by Gasteiger charge is 2.05. The molecule has 3 aromatic rings. The monoisotopic (exact) mass is 240 g/mol. The Kier molecular flexibility index (Phi) is 2.64. The molecule has 0 spiro atoms. The minimum atomic E-state index is 0.549. The molecule has 90 valence electrons. The number of anilines is 1. The molecule has 0 amide bonds. The number of hydrogen-bond donors (Lipinski definition) is 1. The van der Waals surface area contributed by atoms with Gasteiger partial charge in [0.2, 0.25) is 0 Å². The Bertz CT molecular complexity index is 664. The zero-order valence-electron chi connectivity index (χ0n) is 9.92. The van der Waals surface area contributed by atoms with E-state index in [1.165, 1.54) is 0 Å². The predicted octanol–water partition coefficient (Wildman–Crippen LogP) is 2.54. The van der Waals surface area contributed by atoms with E-state index in [0.29, 0.717) is 6.54 Å². The number of aromatic nitrogens is 3. The lowest BCUT2D eigenvalue weighted by Gasteiger charge is -2.07. The normalized spacial score (nSPS) is 10.7. The van der Waals surface area contributed by atoms with Gasteiger partial charge in [0.05, 0.1) is 29.5 Å². The van der Waals surface area contributed by atoms with Gasteiger partial charge in [-0.3, -0.25) is 0 Å². The Labute approximate surface area is 104 Å². The summed E-state index contributed by atoms with van der Waals surface area (Å²) in [4.78, 5) is 9.04. The van der Waals surface area contributed by atoms with E-state index in [2.05, 4.69) is 20.4 Å². The molecule has 0 saturated carbocycles. The summed E-state index contributed by atoms with van der Waals surface area (Å²) in [7, 11) is 0. The number of nitrogens with zero attached hydrogens (tertiary/aromatic N) is 3. The summed E-state index contributed by atoms with van der Waals surface area (Å²) in [6.45, 7) is 2.48. The number of fused-ring (bicyclic) bond motifs is 1. The lowest BCUT2D eigenvalue weighted by atomic mass is 10.3. The van der Waals surface area contributed by atoms with Crippen LogP contribution in [0.4, 0.5) is 5.82 Å². The topological polar surface area (TPSA) is 63.8 Å². The molecule has 0 atom stereocenters. The first kappa shape index (κ1) is 10.7. The molecular formula is C13H12N4O. The van der Waals surface area contributed by atoms with Gasteiger partial charge in [-0.2, -0.15) is 0 Å². The van der Waals surface area contributed by atoms with Crippen LogP contribution in [-0.4, -0.2) is 15.1 Å². The fraction of sp³-hybridized carbons (Fsp3) is 0.154. The molecule has 0 radical (unpaired) electrons. The Hall–Kier alpha value is -2.43. The third-order valence-corrected chi connectivity index (χ3v) is 2.67. The van der Waals surface area contributed by atoms with Crippen molar-refractivity contribution in [2.75, 3.05) is 5.32 Å². The van der Waals surface area contributed by atoms with Crippen LogP contribution in [0.3, 0.4) is 0 Å². The van der Waals surface area contributed by atoms with E-state index < -0.39 is 0 Å². The van der Waals surface area contributed by atoms with Crippen LogP contribution in [0.1, 0.15) is 11.5 Å². The standard InChI is InChI=1S/C13H12N4O/c1-9-13(14-8-10-6-7-15-18-10)17-12-5-3-2-4-11(12)16-9/h2-7H,8H2,1H3,(H,14,17). The molecule has 0 saturated heterocycles. The maximum atomic E-state index is 5.02. The maximum Gasteiger partial charge on any atom is 0.155 e. The second kappa shape index (κ2) is 4.44. The Morgan fingerprint density at radius 1 is 1.11 bits per heavy atom. The lowest BCUT2D eigenvalue weighted by Crippen LogP contribution is -2.04. The van der Waals surface area contributed by atoms with E-state index >= 15 is 0 Å². The summed E-state index contributed by atoms with van der Waals surface area (Å²) in [5.41, 5.74) is 2.65. The van der Waals surface area contributed by atoms with Crippen LogP contribution < -0.4 is 5.32 Å². The Morgan fingerprint density at radius 3 is 2.61 bits per heavy atom. The van der Waals surface area contributed by atoms with E-state index in [4.69, 9.17) is 4.52 Å². The van der Waals surface area contributed by atoms with Gasteiger partial charge in [0.25, 0.3) is 0 Å². The van der Waals surface area contributed by atoms with Crippen molar-refractivity contribution in [2.45, 2.75) is 13.5 Å². The van der Waals surface area contributed by atoms with Gasteiger partial charge in [-0.05, 0) is 19.1 Å². The van der Waals surface area contributed by atoms with Gasteiger partial charge in [0.15, 0.2) is 5.76 Å². The largest absolute Gasteiger partial charge is 0.361 e. The molecule has 0 bridgehead atoms. The lowest BCUT2D eigenvalue weighted by molar-refractivity contribution is 0.388. The number of hydrogen-bond acceptors (Lipinski definition) is 5. The third kappa shape index (κ3) is 2.02. The molecule has 0 fully saturated rings. The van der Waals surface area contributed by atoms with E-state index in [0.717, 1.165) is 28.3 Å². The van der Waals surface area contributed by atoms with Crippen molar-refractivity contribution < 1.29 is 4.52 Å². The van der Waals surface area contributed by atoms with Crippen LogP contribution in [0.2, 0.25) is 0 Å². The van der Waals surface area contributed by atoms with Gasteiger partial charge >= 0.3 is 0 Å². The van der Waals surface area contributed by atoms with Crippen LogP contribution >= 0.6 is 0 Å². The summed E-state index contributed by atoms with van der Waals surface area (Å²) in [6, 6.07) is 9.62. The van der Waals surface area contributed by atoms with Crippen molar-refractivity contribution in [3.63, 3.8) is 0 Å². The average Bonchev–Trinajstić information content (AvgIpc) is 2.89. The highest BCUT2D eigenvalue weighted by molar-refractivity contribution is 5.76. The number of aryl methyl sites for hydroxylation is 1. The van der Waals surface area contributed by atoms with Crippen LogP contribution in [0, 0.1) is 6.92 Å². The molecule has 0 aliphatic heterocycles. The summed E-state index contributed by atoms with van der Waals surface area (Å²) < 4.78 is 5.02. The summed E-state index contributed by atoms with van der Waals surface area (Å²) in [5.74, 6) is 1.54. The molecule has 3 rings (SSSR count). The van der Waals surface area contributed by atoms with Gasteiger partial charge in [-0.1, -0.05) is 17.3 Å². The molecule has 5 heteroatoms. The van der Waals surface area contributed by atoms with Crippen LogP contribution in [0.15, 0.2) is 41.1 Å². The molecule has 18 heavy (non-hydrogen) atoms. The van der Waals surface area contributed by atoms with Crippen LogP contribution in [0.5, 0.6) is 0 Å². The second-order valence-electron chi connectivity index (χ2n) is 3.98. The minimum absolute atomic E-state index is 0.549. The van der Waals surface area contributed by atoms with E-state index in [1.54, 1.807) is 6.20 Å². The molecule has 2 aromatic heterocycles. The summed E-state index contributed by atoms with van der Waals surface area (Å²) in [6.07, 6.45) is 1.62. The van der Waals surface area contributed by atoms with Gasteiger partial charge in [-0.15, -0.1) is 0 Å². The average molecular weight is 240 g/mol. The van der Waals surface area contributed by atoms with Crippen molar-refractivity contribution in [3.05, 3.63) is 48.0 Å². The molecule has 0 aliphatic carbocycles. The number of nitrogens with one attached hydrogen (secondary N) is 1. The van der Waals surface area contributed by atoms with Crippen molar-refractivity contribution in [3.8, 4) is 0 Å². The van der Waals surface area contributed by atoms with E-state index in [-0.39, 0.29) is 0 Å². The zero-order chi connectivity index (χ0) is 12.4. The fourth-order valence-corrected chi connectivity index (χ4v) is 1.76. The highest BCUT2D eigenvalue weighted by atomic mass is 16.5. The first-order valence-electron chi connectivity index (χ1n) is 5.70.